The van der Waals surface area contributed by atoms with Crippen LogP contribution in [0.3, 0.4) is 0 Å². The van der Waals surface area contributed by atoms with Crippen molar-refractivity contribution in [2.24, 2.45) is 0 Å². The van der Waals surface area contributed by atoms with E-state index in [1.54, 1.807) is 20.8 Å². The Bertz CT molecular complexity index is 363. The normalized spacial score (nSPS) is 28.6. The van der Waals surface area contributed by atoms with Crippen molar-refractivity contribution in [2.75, 3.05) is 19.8 Å². The molecule has 0 saturated carbocycles. The quantitative estimate of drug-likeness (QED) is 0.726. The maximum Gasteiger partial charge on any atom is 0.217 e. The molecular formula is C10H19NO4S. The molecule has 2 aliphatic rings. The first kappa shape index (κ1) is 12.3. The molecular weight excluding hydrogens is 230 g/mol. The van der Waals surface area contributed by atoms with Gasteiger partial charge in [0.25, 0.3) is 0 Å². The van der Waals surface area contributed by atoms with E-state index in [0.717, 1.165) is 6.61 Å². The fraction of sp³-hybridized carbons (Fsp3) is 1.00. The van der Waals surface area contributed by atoms with E-state index in [1.165, 1.54) is 0 Å². The highest BCUT2D eigenvalue weighted by atomic mass is 32.2. The molecule has 5 nitrogen and oxygen atoms in total. The zero-order valence-electron chi connectivity index (χ0n) is 9.95. The summed E-state index contributed by atoms with van der Waals surface area (Å²) in [5.74, 6) is 0. The van der Waals surface area contributed by atoms with E-state index in [4.69, 9.17) is 9.47 Å². The lowest BCUT2D eigenvalue weighted by Crippen LogP contribution is -2.64. The monoisotopic (exact) mass is 249 g/mol. The topological polar surface area (TPSA) is 67.9 Å². The Hall–Kier alpha value is -0.170. The predicted molar refractivity (Wildman–Crippen MR) is 59.7 cm³/mol. The third-order valence-electron chi connectivity index (χ3n) is 2.93. The highest BCUT2D eigenvalue weighted by Gasteiger charge is 2.48. The Morgan fingerprint density at radius 2 is 1.94 bits per heavy atom. The number of hydrogen-bond acceptors (Lipinski definition) is 4. The summed E-state index contributed by atoms with van der Waals surface area (Å²) in [6.07, 6.45) is 0.911. The van der Waals surface area contributed by atoms with E-state index >= 15 is 0 Å². The van der Waals surface area contributed by atoms with Crippen LogP contribution in [0, 0.1) is 0 Å². The molecule has 2 saturated heterocycles. The van der Waals surface area contributed by atoms with Crippen molar-refractivity contribution >= 4 is 10.0 Å². The van der Waals surface area contributed by atoms with E-state index in [0.29, 0.717) is 19.6 Å². The highest BCUT2D eigenvalue weighted by Crippen LogP contribution is 2.31. The highest BCUT2D eigenvalue weighted by molar-refractivity contribution is 7.90. The Balaban J connectivity index is 2.06. The van der Waals surface area contributed by atoms with Gasteiger partial charge in [-0.15, -0.1) is 0 Å². The predicted octanol–water partition coefficient (Wildman–Crippen LogP) is 0.262. The number of rotatable bonds is 4. The van der Waals surface area contributed by atoms with Crippen LogP contribution in [0.5, 0.6) is 0 Å². The van der Waals surface area contributed by atoms with Gasteiger partial charge in [-0.25, -0.2) is 13.1 Å². The molecule has 0 bridgehead atoms. The Morgan fingerprint density at radius 3 is 2.25 bits per heavy atom. The molecule has 0 aromatic carbocycles. The number of ether oxygens (including phenoxy) is 2. The van der Waals surface area contributed by atoms with Crippen LogP contribution in [0.2, 0.25) is 0 Å². The molecule has 0 aromatic rings. The fourth-order valence-corrected chi connectivity index (χ4v) is 2.70. The summed E-state index contributed by atoms with van der Waals surface area (Å²) in [5, 5.41) is 0. The van der Waals surface area contributed by atoms with Crippen molar-refractivity contribution in [3.8, 4) is 0 Å². The second kappa shape index (κ2) is 3.66. The standard InChI is InChI=1S/C10H19NO4S/c1-9(2,3)16(12,13)11-10(6-14-7-10)4-8-5-15-8/h8,11H,4-7H2,1-3H3. The average molecular weight is 249 g/mol. The maximum absolute atomic E-state index is 12.1. The summed E-state index contributed by atoms with van der Waals surface area (Å²) in [6, 6.07) is 0. The third kappa shape index (κ3) is 2.40. The molecule has 2 aliphatic heterocycles. The van der Waals surface area contributed by atoms with Crippen LogP contribution in [-0.4, -0.2) is 44.6 Å². The zero-order chi connectivity index (χ0) is 12.0. The lowest BCUT2D eigenvalue weighted by atomic mass is 9.93. The maximum atomic E-state index is 12.1. The average Bonchev–Trinajstić information content (AvgIpc) is 2.81. The smallest absolute Gasteiger partial charge is 0.217 e. The van der Waals surface area contributed by atoms with Gasteiger partial charge in [0.05, 0.1) is 36.2 Å². The molecule has 6 heteroatoms. The molecule has 16 heavy (non-hydrogen) atoms. The zero-order valence-corrected chi connectivity index (χ0v) is 10.8. The first-order valence-corrected chi connectivity index (χ1v) is 6.95. The Labute approximate surface area is 96.5 Å². The first-order valence-electron chi connectivity index (χ1n) is 5.47. The summed E-state index contributed by atoms with van der Waals surface area (Å²) in [7, 11) is -3.32. The minimum Gasteiger partial charge on any atom is -0.377 e. The fourth-order valence-electron chi connectivity index (χ4n) is 1.63. The van der Waals surface area contributed by atoms with Crippen molar-refractivity contribution < 1.29 is 17.9 Å². The second-order valence-corrected chi connectivity index (χ2v) is 8.09. The molecule has 94 valence electrons. The van der Waals surface area contributed by atoms with Crippen LogP contribution >= 0.6 is 0 Å². The van der Waals surface area contributed by atoms with Crippen molar-refractivity contribution in [2.45, 2.75) is 43.6 Å². The van der Waals surface area contributed by atoms with E-state index < -0.39 is 20.3 Å². The Morgan fingerprint density at radius 1 is 1.38 bits per heavy atom. The molecule has 1 N–H and O–H groups in total. The minimum absolute atomic E-state index is 0.201. The largest absolute Gasteiger partial charge is 0.377 e. The van der Waals surface area contributed by atoms with Crippen molar-refractivity contribution in [3.63, 3.8) is 0 Å². The second-order valence-electron chi connectivity index (χ2n) is 5.65. The van der Waals surface area contributed by atoms with Crippen molar-refractivity contribution in [3.05, 3.63) is 0 Å². The van der Waals surface area contributed by atoms with E-state index in [9.17, 15) is 8.42 Å². The van der Waals surface area contributed by atoms with Crippen molar-refractivity contribution in [1.82, 2.24) is 4.72 Å². The first-order chi connectivity index (χ1) is 7.24. The number of hydrogen-bond donors (Lipinski definition) is 1. The third-order valence-corrected chi connectivity index (χ3v) is 5.25. The van der Waals surface area contributed by atoms with Crippen LogP contribution < -0.4 is 4.72 Å². The van der Waals surface area contributed by atoms with Crippen molar-refractivity contribution in [1.29, 1.82) is 0 Å². The van der Waals surface area contributed by atoms with Crippen LogP contribution in [-0.2, 0) is 19.5 Å². The van der Waals surface area contributed by atoms with Gasteiger partial charge in [0.2, 0.25) is 10.0 Å². The van der Waals surface area contributed by atoms with Gasteiger partial charge in [0, 0.05) is 0 Å². The van der Waals surface area contributed by atoms with Gasteiger partial charge in [-0.1, -0.05) is 0 Å². The van der Waals surface area contributed by atoms with E-state index in [2.05, 4.69) is 4.72 Å². The molecule has 2 rings (SSSR count). The molecule has 0 radical (unpaired) electrons. The number of epoxide rings is 1. The molecule has 0 aliphatic carbocycles. The van der Waals surface area contributed by atoms with E-state index in [-0.39, 0.29) is 6.10 Å². The summed E-state index contributed by atoms with van der Waals surface area (Å²) in [4.78, 5) is 0. The summed E-state index contributed by atoms with van der Waals surface area (Å²) >= 11 is 0. The van der Waals surface area contributed by atoms with Crippen LogP contribution in [0.1, 0.15) is 27.2 Å². The van der Waals surface area contributed by atoms with Gasteiger partial charge in [0.1, 0.15) is 0 Å². The van der Waals surface area contributed by atoms with Gasteiger partial charge in [-0.3, -0.25) is 0 Å². The number of sulfonamides is 1. The van der Waals surface area contributed by atoms with Gasteiger partial charge in [-0.2, -0.15) is 0 Å². The van der Waals surface area contributed by atoms with Gasteiger partial charge in [0.15, 0.2) is 0 Å². The number of nitrogens with one attached hydrogen (secondary N) is 1. The molecule has 2 fully saturated rings. The summed E-state index contributed by atoms with van der Waals surface area (Å²) in [6.45, 7) is 6.70. The molecule has 2 heterocycles. The minimum atomic E-state index is -3.32. The van der Waals surface area contributed by atoms with Crippen LogP contribution in [0.15, 0.2) is 0 Å². The SMILES string of the molecule is CC(C)(C)S(=O)(=O)NC1(CC2CO2)COC1. The lowest BCUT2D eigenvalue weighted by molar-refractivity contribution is -0.0694. The summed E-state index contributed by atoms with van der Waals surface area (Å²) < 4.78 is 36.4. The summed E-state index contributed by atoms with van der Waals surface area (Å²) in [5.41, 5.74) is -0.437. The lowest BCUT2D eigenvalue weighted by Gasteiger charge is -2.43. The molecule has 0 spiro atoms. The Kier molecular flexibility index (Phi) is 2.81. The van der Waals surface area contributed by atoms with Gasteiger partial charge < -0.3 is 9.47 Å². The van der Waals surface area contributed by atoms with Crippen LogP contribution in [0.4, 0.5) is 0 Å². The molecule has 1 atom stereocenters. The van der Waals surface area contributed by atoms with Crippen LogP contribution in [0.25, 0.3) is 0 Å². The molecule has 0 aromatic heterocycles. The van der Waals surface area contributed by atoms with E-state index in [1.807, 2.05) is 0 Å². The molecule has 1 unspecified atom stereocenters. The van der Waals surface area contributed by atoms with Gasteiger partial charge >= 0.3 is 0 Å². The molecule has 0 amide bonds. The van der Waals surface area contributed by atoms with Gasteiger partial charge in [-0.05, 0) is 27.2 Å².